The van der Waals surface area contributed by atoms with Crippen molar-refractivity contribution in [2.24, 2.45) is 0 Å². The second-order valence-corrected chi connectivity index (χ2v) is 22.8. The molecule has 0 aromatic heterocycles. The molecular weight excluding hydrogens is 975 g/mol. The fourth-order valence-electron chi connectivity index (χ4n) is 16.7. The molecule has 19 rings (SSSR count). The Bertz CT molecular complexity index is 4910. The molecule has 0 fully saturated rings. The van der Waals surface area contributed by atoms with Gasteiger partial charge in [-0.05, 0) is 167 Å². The van der Waals surface area contributed by atoms with Crippen molar-refractivity contribution in [3.8, 4) is 44.5 Å². The quantitative estimate of drug-likeness (QED) is 0.159. The number of benzene rings is 15. The largest absolute Gasteiger partial charge is 0.309 e. The number of hydrogen-bond donors (Lipinski definition) is 0. The fraction of sp³-hybridized carbons (Fsp3) is 0.0250. The van der Waals surface area contributed by atoms with E-state index in [2.05, 4.69) is 290 Å². The second kappa shape index (κ2) is 15.7. The van der Waals surface area contributed by atoms with Gasteiger partial charge in [0.2, 0.25) is 0 Å². The lowest BCUT2D eigenvalue weighted by Gasteiger charge is -2.35. The predicted molar refractivity (Wildman–Crippen MR) is 339 cm³/mol. The topological polar surface area (TPSA) is 3.24 Å². The minimum absolute atomic E-state index is 0.604. The third-order valence-corrected chi connectivity index (χ3v) is 19.4. The zero-order valence-corrected chi connectivity index (χ0v) is 44.1. The molecule has 15 aromatic carbocycles. The molecule has 15 aromatic rings. The van der Waals surface area contributed by atoms with Gasteiger partial charge in [0.05, 0.1) is 22.2 Å². The van der Waals surface area contributed by atoms with E-state index in [1.165, 1.54) is 154 Å². The summed E-state index contributed by atoms with van der Waals surface area (Å²) in [5.74, 6) is 0. The average Bonchev–Trinajstić information content (AvgIpc) is 1.68. The Morgan fingerprint density at radius 3 is 0.815 bits per heavy atom. The van der Waals surface area contributed by atoms with Crippen LogP contribution in [0, 0.1) is 0 Å². The molecule has 0 amide bonds. The summed E-state index contributed by atoms with van der Waals surface area (Å²) in [4.78, 5) is 2.63. The van der Waals surface area contributed by atoms with E-state index in [-0.39, 0.29) is 0 Å². The summed E-state index contributed by atoms with van der Waals surface area (Å²) in [6.07, 6.45) is 0. The van der Waals surface area contributed by atoms with Crippen LogP contribution in [0.3, 0.4) is 0 Å². The van der Waals surface area contributed by atoms with E-state index in [1.807, 2.05) is 0 Å². The first-order chi connectivity index (χ1) is 40.3. The molecule has 4 aliphatic rings. The average molecular weight is 1020 g/mol. The van der Waals surface area contributed by atoms with E-state index >= 15 is 0 Å². The molecule has 1 nitrogen and oxygen atoms in total. The molecule has 2 spiro atoms. The first-order valence-corrected chi connectivity index (χ1v) is 28.5. The Balaban J connectivity index is 0.999. The minimum atomic E-state index is -0.604. The first-order valence-electron chi connectivity index (χ1n) is 28.5. The summed E-state index contributed by atoms with van der Waals surface area (Å²) < 4.78 is 0. The number of hydrogen-bond acceptors (Lipinski definition) is 1. The molecule has 0 bridgehead atoms. The monoisotopic (exact) mass is 1020 g/mol. The molecule has 0 saturated heterocycles. The van der Waals surface area contributed by atoms with E-state index in [0.717, 1.165) is 17.1 Å². The van der Waals surface area contributed by atoms with Gasteiger partial charge in [-0.25, -0.2) is 0 Å². The number of rotatable bonds is 3. The lowest BCUT2D eigenvalue weighted by molar-refractivity contribution is 0.809. The van der Waals surface area contributed by atoms with Gasteiger partial charge in [-0.15, -0.1) is 0 Å². The van der Waals surface area contributed by atoms with Gasteiger partial charge in [-0.3, -0.25) is 0 Å². The highest BCUT2D eigenvalue weighted by atomic mass is 15.1. The fourth-order valence-corrected chi connectivity index (χ4v) is 16.7. The van der Waals surface area contributed by atoms with Crippen molar-refractivity contribution in [2.75, 3.05) is 4.90 Å². The number of anilines is 3. The lowest BCUT2D eigenvalue weighted by Crippen LogP contribution is -2.27. The second-order valence-electron chi connectivity index (χ2n) is 22.8. The van der Waals surface area contributed by atoms with Crippen molar-refractivity contribution in [1.82, 2.24) is 0 Å². The number of fused-ring (bicyclic) bond motifs is 34. The highest BCUT2D eigenvalue weighted by Gasteiger charge is 2.56. The zero-order valence-electron chi connectivity index (χ0n) is 44.1. The Labute approximate surface area is 468 Å². The van der Waals surface area contributed by atoms with E-state index in [4.69, 9.17) is 0 Å². The summed E-state index contributed by atoms with van der Waals surface area (Å²) in [6, 6.07) is 109. The smallest absolute Gasteiger partial charge is 0.0737 e. The van der Waals surface area contributed by atoms with Crippen molar-refractivity contribution >= 4 is 81.7 Å². The van der Waals surface area contributed by atoms with Gasteiger partial charge >= 0.3 is 0 Å². The van der Waals surface area contributed by atoms with Gasteiger partial charge in [-0.2, -0.15) is 0 Å². The zero-order chi connectivity index (χ0) is 52.7. The summed E-state index contributed by atoms with van der Waals surface area (Å²) in [6.45, 7) is 0. The van der Waals surface area contributed by atoms with Crippen molar-refractivity contribution in [1.29, 1.82) is 0 Å². The van der Waals surface area contributed by atoms with E-state index in [1.54, 1.807) is 0 Å². The van der Waals surface area contributed by atoms with Gasteiger partial charge < -0.3 is 4.90 Å². The van der Waals surface area contributed by atoms with Crippen LogP contribution in [0.15, 0.2) is 285 Å². The molecule has 1 heteroatoms. The molecule has 372 valence electrons. The minimum Gasteiger partial charge on any atom is -0.309 e. The third-order valence-electron chi connectivity index (χ3n) is 19.4. The Morgan fingerprint density at radius 2 is 0.457 bits per heavy atom. The van der Waals surface area contributed by atoms with Crippen LogP contribution >= 0.6 is 0 Å². The molecule has 0 radical (unpaired) electrons. The third kappa shape index (κ3) is 5.20. The van der Waals surface area contributed by atoms with E-state index in [9.17, 15) is 0 Å². The lowest BCUT2D eigenvalue weighted by atomic mass is 9.68. The van der Waals surface area contributed by atoms with Crippen molar-refractivity contribution in [3.63, 3.8) is 0 Å². The molecule has 0 saturated carbocycles. The summed E-state index contributed by atoms with van der Waals surface area (Å²) in [5.41, 5.74) is 23.4. The molecule has 4 aliphatic carbocycles. The van der Waals surface area contributed by atoms with Crippen LogP contribution in [-0.2, 0) is 10.8 Å². The van der Waals surface area contributed by atoms with Crippen molar-refractivity contribution < 1.29 is 0 Å². The van der Waals surface area contributed by atoms with Crippen LogP contribution in [0.4, 0.5) is 17.1 Å². The number of para-hydroxylation sites is 1. The predicted octanol–water partition coefficient (Wildman–Crippen LogP) is 20.8. The maximum Gasteiger partial charge on any atom is 0.0737 e. The molecule has 0 N–H and O–H groups in total. The Hall–Kier alpha value is -10.3. The SMILES string of the molecule is c1ccc(N(c2cc3c(c4ccccc24)C2(c4ccccc4-c4ccccc42)c2c-3c3ccccc3c3ccccc23)c2cc3c(c4ccccc24)C2(c4ccccc4-c4ccccc42)c2c-3c3ccccc3c3ccccc23)cc1. The van der Waals surface area contributed by atoms with Crippen LogP contribution in [-0.4, -0.2) is 0 Å². The Morgan fingerprint density at radius 1 is 0.198 bits per heavy atom. The highest BCUT2D eigenvalue weighted by molar-refractivity contribution is 6.25. The molecule has 0 atom stereocenters. The Kier molecular flexibility index (Phi) is 8.45. The molecule has 81 heavy (non-hydrogen) atoms. The van der Waals surface area contributed by atoms with Crippen LogP contribution in [0.25, 0.3) is 109 Å². The molecule has 0 aliphatic heterocycles. The van der Waals surface area contributed by atoms with Crippen molar-refractivity contribution in [3.05, 3.63) is 330 Å². The standard InChI is InChI=1S/C80H47N/c1-2-24-48(25-3-1)81(71-46-65-73-59-36-10-4-26-49(59)51-28-6-12-38-61(51)77(73)79(75(65)63-40-14-8-34-57(63)71)67-42-20-16-30-53(67)54-31-17-21-43-68(54)79)72-47-66-74-60-37-11-5-27-50(60)52-29-7-13-39-62(52)78(74)80(76(66)64-41-15-9-35-58(64)72)69-44-22-18-32-55(69)56-33-19-23-45-70(56)80/h1-47H. The van der Waals surface area contributed by atoms with Gasteiger partial charge in [0.15, 0.2) is 0 Å². The summed E-state index contributed by atoms with van der Waals surface area (Å²) in [7, 11) is 0. The van der Waals surface area contributed by atoms with Crippen molar-refractivity contribution in [2.45, 2.75) is 10.8 Å². The molecular formula is C80H47N. The normalized spacial score (nSPS) is 14.1. The molecule has 0 heterocycles. The van der Waals surface area contributed by atoms with E-state index < -0.39 is 10.8 Å². The van der Waals surface area contributed by atoms with Crippen LogP contribution in [0.2, 0.25) is 0 Å². The highest BCUT2D eigenvalue weighted by Crippen LogP contribution is 2.70. The van der Waals surface area contributed by atoms with Crippen LogP contribution in [0.1, 0.15) is 44.5 Å². The van der Waals surface area contributed by atoms with Gasteiger partial charge in [0.1, 0.15) is 0 Å². The first kappa shape index (κ1) is 43.6. The van der Waals surface area contributed by atoms with E-state index in [0.29, 0.717) is 0 Å². The van der Waals surface area contributed by atoms with Crippen LogP contribution < -0.4 is 4.90 Å². The molecule has 0 unspecified atom stereocenters. The van der Waals surface area contributed by atoms with Gasteiger partial charge in [0, 0.05) is 16.5 Å². The summed E-state index contributed by atoms with van der Waals surface area (Å²) >= 11 is 0. The van der Waals surface area contributed by atoms with Gasteiger partial charge in [-0.1, -0.05) is 261 Å². The van der Waals surface area contributed by atoms with Gasteiger partial charge in [0.25, 0.3) is 0 Å². The maximum atomic E-state index is 2.63. The number of nitrogens with zero attached hydrogens (tertiary/aromatic N) is 1. The summed E-state index contributed by atoms with van der Waals surface area (Å²) in [5, 5.41) is 15.2. The maximum absolute atomic E-state index is 2.63. The van der Waals surface area contributed by atoms with Crippen LogP contribution in [0.5, 0.6) is 0 Å².